The van der Waals surface area contributed by atoms with Gasteiger partial charge in [-0.15, -0.1) is 11.3 Å². The SMILES string of the molecule is Cc1nc(CNC2CCCC23CCOCC3)c(C)s1. The van der Waals surface area contributed by atoms with Gasteiger partial charge in [-0.05, 0) is 44.9 Å². The second kappa shape index (κ2) is 5.51. The molecule has 1 aromatic heterocycles. The lowest BCUT2D eigenvalue weighted by Crippen LogP contribution is -2.44. The molecule has 19 heavy (non-hydrogen) atoms. The van der Waals surface area contributed by atoms with E-state index in [0.29, 0.717) is 11.5 Å². The molecule has 2 fully saturated rings. The molecule has 3 nitrogen and oxygen atoms in total. The zero-order chi connectivity index (χ0) is 13.3. The smallest absolute Gasteiger partial charge is 0.0900 e. The molecule has 1 unspecified atom stereocenters. The number of ether oxygens (including phenoxy) is 1. The van der Waals surface area contributed by atoms with E-state index in [2.05, 4.69) is 24.1 Å². The standard InChI is InChI=1S/C15H24N2OS/c1-11-13(17-12(2)19-11)10-16-14-4-3-5-15(14)6-8-18-9-7-15/h14,16H,3-10H2,1-2H3. The van der Waals surface area contributed by atoms with Crippen molar-refractivity contribution < 1.29 is 4.74 Å². The molecule has 1 aliphatic carbocycles. The molecule has 1 saturated heterocycles. The van der Waals surface area contributed by atoms with Crippen molar-refractivity contribution in [3.05, 3.63) is 15.6 Å². The summed E-state index contributed by atoms with van der Waals surface area (Å²) in [7, 11) is 0. The van der Waals surface area contributed by atoms with Crippen LogP contribution in [0.5, 0.6) is 0 Å². The minimum atomic E-state index is 0.511. The summed E-state index contributed by atoms with van der Waals surface area (Å²) in [4.78, 5) is 6.00. The summed E-state index contributed by atoms with van der Waals surface area (Å²) in [6, 6.07) is 0.665. The molecule has 106 valence electrons. The van der Waals surface area contributed by atoms with Crippen LogP contribution in [0.25, 0.3) is 0 Å². The predicted octanol–water partition coefficient (Wildman–Crippen LogP) is 3.20. The molecule has 1 saturated carbocycles. The topological polar surface area (TPSA) is 34.2 Å². The first-order chi connectivity index (χ1) is 9.20. The van der Waals surface area contributed by atoms with Gasteiger partial charge in [0.05, 0.1) is 10.7 Å². The number of thiazole rings is 1. The van der Waals surface area contributed by atoms with Crippen LogP contribution in [0.4, 0.5) is 0 Å². The molecule has 2 aliphatic rings. The van der Waals surface area contributed by atoms with Crippen LogP contribution in [0.2, 0.25) is 0 Å². The summed E-state index contributed by atoms with van der Waals surface area (Å²) < 4.78 is 5.55. The highest BCUT2D eigenvalue weighted by atomic mass is 32.1. The lowest BCUT2D eigenvalue weighted by molar-refractivity contribution is 0.00410. The first-order valence-electron chi connectivity index (χ1n) is 7.44. The van der Waals surface area contributed by atoms with Gasteiger partial charge < -0.3 is 10.1 Å². The zero-order valence-electron chi connectivity index (χ0n) is 12.0. The highest BCUT2D eigenvalue weighted by Crippen LogP contribution is 2.46. The third-order valence-electron chi connectivity index (χ3n) is 4.91. The third kappa shape index (κ3) is 2.71. The first-order valence-corrected chi connectivity index (χ1v) is 8.25. The van der Waals surface area contributed by atoms with E-state index in [0.717, 1.165) is 19.8 Å². The average molecular weight is 280 g/mol. The Labute approximate surface area is 119 Å². The summed E-state index contributed by atoms with van der Waals surface area (Å²) in [5.74, 6) is 0. The minimum absolute atomic E-state index is 0.511. The predicted molar refractivity (Wildman–Crippen MR) is 78.6 cm³/mol. The van der Waals surface area contributed by atoms with Crippen molar-refractivity contribution in [3.63, 3.8) is 0 Å². The van der Waals surface area contributed by atoms with Crippen LogP contribution in [0.15, 0.2) is 0 Å². The van der Waals surface area contributed by atoms with Crippen molar-refractivity contribution in [2.24, 2.45) is 5.41 Å². The molecular weight excluding hydrogens is 256 g/mol. The van der Waals surface area contributed by atoms with Crippen LogP contribution in [0.3, 0.4) is 0 Å². The van der Waals surface area contributed by atoms with Crippen LogP contribution >= 0.6 is 11.3 Å². The lowest BCUT2D eigenvalue weighted by atomic mass is 9.75. The monoisotopic (exact) mass is 280 g/mol. The number of nitrogens with one attached hydrogen (secondary N) is 1. The van der Waals surface area contributed by atoms with Crippen molar-refractivity contribution in [2.45, 2.75) is 58.5 Å². The number of hydrogen-bond acceptors (Lipinski definition) is 4. The number of hydrogen-bond donors (Lipinski definition) is 1. The molecule has 3 rings (SSSR count). The molecule has 1 N–H and O–H groups in total. The normalized spacial score (nSPS) is 26.1. The van der Waals surface area contributed by atoms with Gasteiger partial charge in [0.2, 0.25) is 0 Å². The molecule has 0 bridgehead atoms. The maximum atomic E-state index is 5.55. The maximum Gasteiger partial charge on any atom is 0.0900 e. The van der Waals surface area contributed by atoms with Crippen molar-refractivity contribution in [3.8, 4) is 0 Å². The highest BCUT2D eigenvalue weighted by molar-refractivity contribution is 7.11. The molecule has 1 aromatic rings. The van der Waals surface area contributed by atoms with Gasteiger partial charge in [0.25, 0.3) is 0 Å². The van der Waals surface area contributed by atoms with Crippen molar-refractivity contribution in [1.29, 1.82) is 0 Å². The Morgan fingerprint density at radius 3 is 2.79 bits per heavy atom. The van der Waals surface area contributed by atoms with Crippen LogP contribution in [0.1, 0.15) is 47.7 Å². The fourth-order valence-corrected chi connectivity index (χ4v) is 4.62. The fourth-order valence-electron chi connectivity index (χ4n) is 3.79. The van der Waals surface area contributed by atoms with Gasteiger partial charge in [-0.3, -0.25) is 0 Å². The maximum absolute atomic E-state index is 5.55. The summed E-state index contributed by atoms with van der Waals surface area (Å²) >= 11 is 1.81. The van der Waals surface area contributed by atoms with Crippen LogP contribution in [0, 0.1) is 19.3 Å². The Kier molecular flexibility index (Phi) is 3.92. The Morgan fingerprint density at radius 1 is 1.32 bits per heavy atom. The van der Waals surface area contributed by atoms with Gasteiger partial charge in [-0.1, -0.05) is 6.42 Å². The van der Waals surface area contributed by atoms with Gasteiger partial charge in [0, 0.05) is 30.7 Å². The molecule has 1 atom stereocenters. The van der Waals surface area contributed by atoms with Crippen molar-refractivity contribution >= 4 is 11.3 Å². The van der Waals surface area contributed by atoms with Crippen LogP contribution < -0.4 is 5.32 Å². The lowest BCUT2D eigenvalue weighted by Gasteiger charge is -2.39. The van der Waals surface area contributed by atoms with E-state index in [9.17, 15) is 0 Å². The molecule has 1 spiro atoms. The van der Waals surface area contributed by atoms with E-state index in [4.69, 9.17) is 4.74 Å². The van der Waals surface area contributed by atoms with Crippen molar-refractivity contribution in [1.82, 2.24) is 10.3 Å². The van der Waals surface area contributed by atoms with Crippen molar-refractivity contribution in [2.75, 3.05) is 13.2 Å². The van der Waals surface area contributed by atoms with Crippen LogP contribution in [-0.4, -0.2) is 24.2 Å². The summed E-state index contributed by atoms with van der Waals surface area (Å²) in [5, 5.41) is 4.98. The molecule has 0 radical (unpaired) electrons. The number of aryl methyl sites for hydroxylation is 2. The van der Waals surface area contributed by atoms with Gasteiger partial charge in [-0.25, -0.2) is 4.98 Å². The van der Waals surface area contributed by atoms with E-state index in [1.54, 1.807) is 0 Å². The summed E-state index contributed by atoms with van der Waals surface area (Å²) in [6.45, 7) is 7.11. The highest BCUT2D eigenvalue weighted by Gasteiger charge is 2.43. The number of aromatic nitrogens is 1. The fraction of sp³-hybridized carbons (Fsp3) is 0.800. The third-order valence-corrected chi connectivity index (χ3v) is 5.84. The Hall–Kier alpha value is -0.450. The van der Waals surface area contributed by atoms with Gasteiger partial charge in [-0.2, -0.15) is 0 Å². The van der Waals surface area contributed by atoms with E-state index < -0.39 is 0 Å². The summed E-state index contributed by atoms with van der Waals surface area (Å²) in [5.41, 5.74) is 1.76. The molecule has 2 heterocycles. The molecule has 1 aliphatic heterocycles. The first kappa shape index (κ1) is 13.5. The second-order valence-electron chi connectivity index (χ2n) is 6.04. The molecule has 0 amide bonds. The number of nitrogens with zero attached hydrogens (tertiary/aromatic N) is 1. The van der Waals surface area contributed by atoms with E-state index in [-0.39, 0.29) is 0 Å². The Balaban J connectivity index is 1.64. The number of rotatable bonds is 3. The minimum Gasteiger partial charge on any atom is -0.381 e. The molecule has 4 heteroatoms. The summed E-state index contributed by atoms with van der Waals surface area (Å²) in [6.07, 6.45) is 6.54. The van der Waals surface area contributed by atoms with E-state index >= 15 is 0 Å². The average Bonchev–Trinajstić information content (AvgIpc) is 2.92. The van der Waals surface area contributed by atoms with Gasteiger partial charge >= 0.3 is 0 Å². The van der Waals surface area contributed by atoms with Gasteiger partial charge in [0.15, 0.2) is 0 Å². The van der Waals surface area contributed by atoms with E-state index in [1.807, 2.05) is 11.3 Å². The largest absolute Gasteiger partial charge is 0.381 e. The van der Waals surface area contributed by atoms with Gasteiger partial charge in [0.1, 0.15) is 0 Å². The molecular formula is C15H24N2OS. The Bertz CT molecular complexity index is 437. The van der Waals surface area contributed by atoms with Crippen LogP contribution in [-0.2, 0) is 11.3 Å². The quantitative estimate of drug-likeness (QED) is 0.923. The second-order valence-corrected chi connectivity index (χ2v) is 7.44. The zero-order valence-corrected chi connectivity index (χ0v) is 12.8. The molecule has 0 aromatic carbocycles. The van der Waals surface area contributed by atoms with E-state index in [1.165, 1.54) is 47.7 Å². The Morgan fingerprint density at radius 2 is 2.11 bits per heavy atom.